The van der Waals surface area contributed by atoms with E-state index in [0.717, 1.165) is 0 Å². The number of nitro groups is 1. The van der Waals surface area contributed by atoms with Crippen LogP contribution in [0.25, 0.3) is 0 Å². The lowest BCUT2D eigenvalue weighted by Gasteiger charge is -2.19. The maximum absolute atomic E-state index is 10.6. The molecule has 3 rings (SSSR count). The first kappa shape index (κ1) is 19.3. The van der Waals surface area contributed by atoms with Crippen molar-refractivity contribution < 1.29 is 14.8 Å². The number of non-ortho nitro benzene ring substituents is 1. The van der Waals surface area contributed by atoms with Gasteiger partial charge in [-0.25, -0.2) is 0 Å². The van der Waals surface area contributed by atoms with Crippen molar-refractivity contribution in [3.05, 3.63) is 57.6 Å². The van der Waals surface area contributed by atoms with Crippen LogP contribution in [0.3, 0.4) is 0 Å². The molecule has 2 aromatic rings. The zero-order valence-electron chi connectivity index (χ0n) is 12.4. The summed E-state index contributed by atoms with van der Waals surface area (Å²) in [5.41, 5.74) is 0.902. The van der Waals surface area contributed by atoms with E-state index in [4.69, 9.17) is 20.4 Å². The highest BCUT2D eigenvalue weighted by molar-refractivity contribution is 5.69. The topological polar surface area (TPSA) is 132 Å². The monoisotopic (exact) mass is 340 g/mol. The van der Waals surface area contributed by atoms with E-state index in [2.05, 4.69) is 5.32 Å². The zero-order valence-corrected chi connectivity index (χ0v) is 12.4. The van der Waals surface area contributed by atoms with Crippen LogP contribution in [0.15, 0.2) is 36.4 Å². The van der Waals surface area contributed by atoms with Crippen molar-refractivity contribution in [3.63, 3.8) is 0 Å². The SMILES string of the molecule is C.N#Cc1cc([N+](=O)[O-])cc2c1OCCN2.N#Cc1ccccc1O. The third-order valence-electron chi connectivity index (χ3n) is 3.09. The average Bonchev–Trinajstić information content (AvgIpc) is 2.61. The molecule has 25 heavy (non-hydrogen) atoms. The molecule has 1 aliphatic heterocycles. The third kappa shape index (κ3) is 4.60. The van der Waals surface area contributed by atoms with Crippen LogP contribution in [0, 0.1) is 32.8 Å². The largest absolute Gasteiger partial charge is 0.507 e. The van der Waals surface area contributed by atoms with Crippen LogP contribution in [-0.4, -0.2) is 23.2 Å². The number of anilines is 1. The zero-order chi connectivity index (χ0) is 17.5. The Labute approximate surface area is 144 Å². The number of nitrogens with zero attached hydrogens (tertiary/aromatic N) is 3. The fourth-order valence-corrected chi connectivity index (χ4v) is 2.00. The van der Waals surface area contributed by atoms with Crippen LogP contribution in [0.2, 0.25) is 0 Å². The Morgan fingerprint density at radius 1 is 1.20 bits per heavy atom. The normalized spacial score (nSPS) is 10.8. The molecule has 0 atom stereocenters. The molecule has 128 valence electrons. The number of aromatic hydroxyl groups is 1. The minimum atomic E-state index is -0.530. The summed E-state index contributed by atoms with van der Waals surface area (Å²) < 4.78 is 5.27. The number of benzene rings is 2. The van der Waals surface area contributed by atoms with Crippen molar-refractivity contribution in [1.29, 1.82) is 10.5 Å². The molecule has 0 aromatic heterocycles. The molecule has 0 bridgehead atoms. The molecule has 2 aromatic carbocycles. The summed E-state index contributed by atoms with van der Waals surface area (Å²) in [6.07, 6.45) is 0. The van der Waals surface area contributed by atoms with E-state index in [-0.39, 0.29) is 24.4 Å². The molecule has 0 saturated heterocycles. The molecule has 0 saturated carbocycles. The third-order valence-corrected chi connectivity index (χ3v) is 3.09. The van der Waals surface area contributed by atoms with Gasteiger partial charge in [-0.05, 0) is 12.1 Å². The Bertz CT molecular complexity index is 853. The summed E-state index contributed by atoms with van der Waals surface area (Å²) in [5, 5.41) is 39.6. The van der Waals surface area contributed by atoms with E-state index in [1.165, 1.54) is 18.2 Å². The van der Waals surface area contributed by atoms with Gasteiger partial charge in [0, 0.05) is 18.7 Å². The number of phenols is 1. The Morgan fingerprint density at radius 3 is 2.44 bits per heavy atom. The van der Waals surface area contributed by atoms with Crippen molar-refractivity contribution >= 4 is 11.4 Å². The van der Waals surface area contributed by atoms with E-state index in [1.54, 1.807) is 18.2 Å². The number of rotatable bonds is 1. The molecule has 0 spiro atoms. The van der Waals surface area contributed by atoms with Crippen LogP contribution >= 0.6 is 0 Å². The lowest BCUT2D eigenvalue weighted by atomic mass is 10.1. The highest BCUT2D eigenvalue weighted by Crippen LogP contribution is 2.34. The number of hydrogen-bond acceptors (Lipinski definition) is 7. The van der Waals surface area contributed by atoms with Crippen molar-refractivity contribution in [2.75, 3.05) is 18.5 Å². The van der Waals surface area contributed by atoms with Crippen LogP contribution in [0.1, 0.15) is 18.6 Å². The Balaban J connectivity index is 0.000000270. The minimum Gasteiger partial charge on any atom is -0.507 e. The highest BCUT2D eigenvalue weighted by atomic mass is 16.6. The molecule has 0 aliphatic carbocycles. The molecule has 2 N–H and O–H groups in total. The second kappa shape index (κ2) is 8.75. The number of para-hydroxylation sites is 1. The van der Waals surface area contributed by atoms with Crippen molar-refractivity contribution in [3.8, 4) is 23.6 Å². The van der Waals surface area contributed by atoms with Gasteiger partial charge in [-0.3, -0.25) is 10.1 Å². The summed E-state index contributed by atoms with van der Waals surface area (Å²) in [5.74, 6) is 0.439. The van der Waals surface area contributed by atoms with Gasteiger partial charge in [0.15, 0.2) is 5.75 Å². The van der Waals surface area contributed by atoms with Crippen molar-refractivity contribution in [1.82, 2.24) is 0 Å². The van der Waals surface area contributed by atoms with Gasteiger partial charge in [-0.15, -0.1) is 0 Å². The number of nitriles is 2. The molecule has 8 heteroatoms. The Kier molecular flexibility index (Phi) is 6.74. The van der Waals surface area contributed by atoms with E-state index in [9.17, 15) is 10.1 Å². The Morgan fingerprint density at radius 2 is 1.88 bits per heavy atom. The second-order valence-corrected chi connectivity index (χ2v) is 4.64. The molecule has 0 unspecified atom stereocenters. The maximum Gasteiger partial charge on any atom is 0.273 e. The van der Waals surface area contributed by atoms with Gasteiger partial charge in [-0.1, -0.05) is 19.6 Å². The summed E-state index contributed by atoms with van der Waals surface area (Å²) in [6.45, 7) is 1.04. The van der Waals surface area contributed by atoms with E-state index in [0.29, 0.717) is 30.2 Å². The van der Waals surface area contributed by atoms with Gasteiger partial charge in [0.2, 0.25) is 0 Å². The molecule has 0 fully saturated rings. The lowest BCUT2D eigenvalue weighted by Crippen LogP contribution is -2.19. The number of hydrogen-bond donors (Lipinski definition) is 2. The van der Waals surface area contributed by atoms with Crippen LogP contribution in [-0.2, 0) is 0 Å². The van der Waals surface area contributed by atoms with Crippen LogP contribution in [0.4, 0.5) is 11.4 Å². The first-order valence-electron chi connectivity index (χ1n) is 6.84. The lowest BCUT2D eigenvalue weighted by molar-refractivity contribution is -0.384. The summed E-state index contributed by atoms with van der Waals surface area (Å²) in [4.78, 5) is 10.1. The quantitative estimate of drug-likeness (QED) is 0.601. The molecule has 1 aliphatic rings. The smallest absolute Gasteiger partial charge is 0.273 e. The minimum absolute atomic E-state index is 0. The molecule has 8 nitrogen and oxygen atoms in total. The highest BCUT2D eigenvalue weighted by Gasteiger charge is 2.19. The summed E-state index contributed by atoms with van der Waals surface area (Å²) >= 11 is 0. The van der Waals surface area contributed by atoms with Gasteiger partial charge >= 0.3 is 0 Å². The predicted molar refractivity (Wildman–Crippen MR) is 91.3 cm³/mol. The molecule has 0 radical (unpaired) electrons. The first-order valence-corrected chi connectivity index (χ1v) is 6.84. The number of nitrogens with one attached hydrogen (secondary N) is 1. The van der Waals surface area contributed by atoms with Gasteiger partial charge in [0.25, 0.3) is 5.69 Å². The maximum atomic E-state index is 10.6. The van der Waals surface area contributed by atoms with Gasteiger partial charge in [0.1, 0.15) is 30.1 Å². The molecule has 1 heterocycles. The number of nitro benzene ring substituents is 1. The molecule has 0 amide bonds. The summed E-state index contributed by atoms with van der Waals surface area (Å²) in [7, 11) is 0. The number of fused-ring (bicyclic) bond motifs is 1. The molecular weight excluding hydrogens is 324 g/mol. The standard InChI is InChI=1S/C9H7N3O3.C7H5NO.CH4/c10-5-6-3-7(12(13)14)4-8-9(6)15-2-1-11-8;8-5-6-3-1-2-4-7(6)9;/h3-4,11H,1-2H2;1-4,9H;1H4. The van der Waals surface area contributed by atoms with E-state index in [1.807, 2.05) is 12.1 Å². The van der Waals surface area contributed by atoms with E-state index >= 15 is 0 Å². The Hall–Kier alpha value is -3.78. The average molecular weight is 340 g/mol. The van der Waals surface area contributed by atoms with Crippen molar-refractivity contribution in [2.45, 2.75) is 7.43 Å². The fourth-order valence-electron chi connectivity index (χ4n) is 2.00. The first-order chi connectivity index (χ1) is 11.6. The predicted octanol–water partition coefficient (Wildman–Crippen LogP) is 3.17. The number of phenolic OH excluding ortho intramolecular Hbond substituents is 1. The van der Waals surface area contributed by atoms with Gasteiger partial charge < -0.3 is 15.2 Å². The van der Waals surface area contributed by atoms with Crippen molar-refractivity contribution in [2.24, 2.45) is 0 Å². The fraction of sp³-hybridized carbons (Fsp3) is 0.176. The number of ether oxygens (including phenoxy) is 1. The second-order valence-electron chi connectivity index (χ2n) is 4.64. The summed E-state index contributed by atoms with van der Waals surface area (Å²) in [6, 6.07) is 12.7. The van der Waals surface area contributed by atoms with E-state index < -0.39 is 4.92 Å². The van der Waals surface area contributed by atoms with Gasteiger partial charge in [0.05, 0.1) is 16.2 Å². The van der Waals surface area contributed by atoms with Crippen LogP contribution < -0.4 is 10.1 Å². The van der Waals surface area contributed by atoms with Crippen LogP contribution in [0.5, 0.6) is 11.5 Å². The van der Waals surface area contributed by atoms with Gasteiger partial charge in [-0.2, -0.15) is 10.5 Å². The molecular formula is C17H16N4O4.